The van der Waals surface area contributed by atoms with Gasteiger partial charge in [0.2, 0.25) is 23.5 Å². The van der Waals surface area contributed by atoms with Crippen molar-refractivity contribution in [1.82, 2.24) is 15.5 Å². The fourth-order valence-corrected chi connectivity index (χ4v) is 2.52. The third kappa shape index (κ3) is 5.59. The molecule has 0 aliphatic carbocycles. The Balaban J connectivity index is 1.45. The van der Waals surface area contributed by atoms with Crippen molar-refractivity contribution in [3.8, 4) is 17.1 Å². The molecule has 31 heavy (non-hydrogen) atoms. The third-order valence-corrected chi connectivity index (χ3v) is 4.14. The van der Waals surface area contributed by atoms with Crippen molar-refractivity contribution in [1.29, 1.82) is 0 Å². The van der Waals surface area contributed by atoms with Crippen LogP contribution in [0.15, 0.2) is 40.9 Å². The number of methoxy groups -OCH3 is 1. The van der Waals surface area contributed by atoms with E-state index in [0.29, 0.717) is 23.2 Å². The molecule has 2 amide bonds. The average Bonchev–Trinajstić information content (AvgIpc) is 3.26. The average molecular weight is 434 g/mol. The molecule has 2 aromatic carbocycles. The SMILES string of the molecule is COc1ccc(-c2noc(CCC(=O)NCC(=O)Nc3ccc(F)c(F)c3F)n2)cc1. The number of nitrogens with one attached hydrogen (secondary N) is 2. The lowest BCUT2D eigenvalue weighted by Crippen LogP contribution is -2.33. The molecule has 8 nitrogen and oxygen atoms in total. The monoisotopic (exact) mass is 434 g/mol. The number of rotatable bonds is 8. The Morgan fingerprint density at radius 1 is 1.03 bits per heavy atom. The minimum Gasteiger partial charge on any atom is -0.497 e. The lowest BCUT2D eigenvalue weighted by atomic mass is 10.2. The predicted molar refractivity (Wildman–Crippen MR) is 103 cm³/mol. The fourth-order valence-electron chi connectivity index (χ4n) is 2.52. The highest BCUT2D eigenvalue weighted by atomic mass is 19.2. The van der Waals surface area contributed by atoms with Gasteiger partial charge in [0.05, 0.1) is 19.3 Å². The number of hydrogen-bond acceptors (Lipinski definition) is 6. The summed E-state index contributed by atoms with van der Waals surface area (Å²) in [6.45, 7) is -0.488. The van der Waals surface area contributed by atoms with Crippen LogP contribution in [-0.4, -0.2) is 35.6 Å². The molecule has 0 spiro atoms. The van der Waals surface area contributed by atoms with Gasteiger partial charge in [0.25, 0.3) is 0 Å². The summed E-state index contributed by atoms with van der Waals surface area (Å²) in [5, 5.41) is 8.22. The van der Waals surface area contributed by atoms with E-state index in [1.807, 2.05) is 0 Å². The lowest BCUT2D eigenvalue weighted by molar-refractivity contribution is -0.124. The van der Waals surface area contributed by atoms with Gasteiger partial charge in [-0.25, -0.2) is 13.2 Å². The van der Waals surface area contributed by atoms with Crippen molar-refractivity contribution in [2.75, 3.05) is 19.0 Å². The van der Waals surface area contributed by atoms with Crippen LogP contribution in [-0.2, 0) is 16.0 Å². The first-order valence-corrected chi connectivity index (χ1v) is 9.04. The Bertz CT molecular complexity index is 1090. The summed E-state index contributed by atoms with van der Waals surface area (Å²) in [5.74, 6) is -4.64. The zero-order valence-electron chi connectivity index (χ0n) is 16.2. The number of halogens is 3. The van der Waals surface area contributed by atoms with E-state index in [0.717, 1.165) is 6.07 Å². The van der Waals surface area contributed by atoms with Crippen LogP contribution < -0.4 is 15.4 Å². The smallest absolute Gasteiger partial charge is 0.243 e. The van der Waals surface area contributed by atoms with E-state index in [1.165, 1.54) is 0 Å². The number of nitrogens with zero attached hydrogens (tertiary/aromatic N) is 2. The van der Waals surface area contributed by atoms with Crippen molar-refractivity contribution in [2.45, 2.75) is 12.8 Å². The van der Waals surface area contributed by atoms with Gasteiger partial charge < -0.3 is 19.9 Å². The number of aromatic nitrogens is 2. The van der Waals surface area contributed by atoms with Gasteiger partial charge in [-0.1, -0.05) is 5.16 Å². The fraction of sp³-hybridized carbons (Fsp3) is 0.200. The van der Waals surface area contributed by atoms with Gasteiger partial charge in [-0.15, -0.1) is 0 Å². The normalized spacial score (nSPS) is 10.6. The number of aryl methyl sites for hydroxylation is 1. The molecule has 0 atom stereocenters. The number of carbonyl (C=O) groups is 2. The number of anilines is 1. The molecule has 0 fully saturated rings. The maximum Gasteiger partial charge on any atom is 0.243 e. The van der Waals surface area contributed by atoms with Crippen LogP contribution in [0, 0.1) is 17.5 Å². The van der Waals surface area contributed by atoms with Crippen molar-refractivity contribution >= 4 is 17.5 Å². The molecular formula is C20H17F3N4O4. The predicted octanol–water partition coefficient (Wildman–Crippen LogP) is 2.85. The second kappa shape index (κ2) is 9.74. The molecule has 1 heterocycles. The second-order valence-electron chi connectivity index (χ2n) is 6.29. The molecule has 3 aromatic rings. The Morgan fingerprint density at radius 2 is 1.77 bits per heavy atom. The Kier molecular flexibility index (Phi) is 6.85. The van der Waals surface area contributed by atoms with Gasteiger partial charge in [-0.05, 0) is 36.4 Å². The zero-order valence-corrected chi connectivity index (χ0v) is 16.2. The van der Waals surface area contributed by atoms with E-state index in [9.17, 15) is 22.8 Å². The molecular weight excluding hydrogens is 417 g/mol. The van der Waals surface area contributed by atoms with Crippen LogP contribution in [0.5, 0.6) is 5.75 Å². The molecule has 0 saturated heterocycles. The first-order valence-electron chi connectivity index (χ1n) is 9.04. The topological polar surface area (TPSA) is 106 Å². The summed E-state index contributed by atoms with van der Waals surface area (Å²) in [7, 11) is 1.55. The highest BCUT2D eigenvalue weighted by Crippen LogP contribution is 2.20. The molecule has 0 aliphatic heterocycles. The first kappa shape index (κ1) is 21.8. The molecule has 11 heteroatoms. The van der Waals surface area contributed by atoms with Crippen LogP contribution >= 0.6 is 0 Å². The molecule has 162 valence electrons. The van der Waals surface area contributed by atoms with E-state index < -0.39 is 41.5 Å². The number of benzene rings is 2. The minimum atomic E-state index is -1.70. The van der Waals surface area contributed by atoms with E-state index in [4.69, 9.17) is 9.26 Å². The van der Waals surface area contributed by atoms with Crippen molar-refractivity contribution < 1.29 is 32.0 Å². The molecule has 1 aromatic heterocycles. The summed E-state index contributed by atoms with van der Waals surface area (Å²) in [4.78, 5) is 27.9. The third-order valence-electron chi connectivity index (χ3n) is 4.14. The van der Waals surface area contributed by atoms with Crippen molar-refractivity contribution in [3.05, 3.63) is 59.7 Å². The van der Waals surface area contributed by atoms with Crippen LogP contribution in [0.3, 0.4) is 0 Å². The highest BCUT2D eigenvalue weighted by Gasteiger charge is 2.16. The second-order valence-corrected chi connectivity index (χ2v) is 6.29. The standard InChI is InChI=1S/C20H17F3N4O4/c1-30-12-4-2-11(3-5-12)20-26-17(31-27-20)9-8-15(28)24-10-16(29)25-14-7-6-13(21)18(22)19(14)23/h2-7H,8-10H2,1H3,(H,24,28)(H,25,29). The molecule has 0 saturated carbocycles. The van der Waals surface area contributed by atoms with Crippen LogP contribution in [0.2, 0.25) is 0 Å². The summed E-state index contributed by atoms with van der Waals surface area (Å²) < 4.78 is 49.8. The number of ether oxygens (including phenoxy) is 1. The van der Waals surface area contributed by atoms with Gasteiger partial charge in [0.15, 0.2) is 17.5 Å². The molecule has 3 rings (SSSR count). The lowest BCUT2D eigenvalue weighted by Gasteiger charge is -2.08. The molecule has 0 unspecified atom stereocenters. The van der Waals surface area contributed by atoms with E-state index in [1.54, 1.807) is 31.4 Å². The van der Waals surface area contributed by atoms with Crippen molar-refractivity contribution in [3.63, 3.8) is 0 Å². The first-order chi connectivity index (χ1) is 14.9. The number of hydrogen-bond donors (Lipinski definition) is 2. The van der Waals surface area contributed by atoms with Crippen LogP contribution in [0.1, 0.15) is 12.3 Å². The van der Waals surface area contributed by atoms with E-state index in [-0.39, 0.29) is 18.7 Å². The summed E-state index contributed by atoms with van der Waals surface area (Å²) >= 11 is 0. The van der Waals surface area contributed by atoms with Gasteiger partial charge in [-0.2, -0.15) is 4.98 Å². The molecule has 0 bridgehead atoms. The summed E-state index contributed by atoms with van der Waals surface area (Å²) in [6, 6.07) is 8.57. The van der Waals surface area contributed by atoms with Crippen LogP contribution in [0.4, 0.5) is 18.9 Å². The van der Waals surface area contributed by atoms with E-state index in [2.05, 4.69) is 20.8 Å². The Morgan fingerprint density at radius 3 is 2.48 bits per heavy atom. The maximum absolute atomic E-state index is 13.5. The molecule has 2 N–H and O–H groups in total. The maximum atomic E-state index is 13.5. The molecule has 0 aliphatic rings. The summed E-state index contributed by atoms with van der Waals surface area (Å²) in [6.07, 6.45) is 0.0888. The number of carbonyl (C=O) groups excluding carboxylic acids is 2. The largest absolute Gasteiger partial charge is 0.497 e. The van der Waals surface area contributed by atoms with Crippen molar-refractivity contribution in [2.24, 2.45) is 0 Å². The van der Waals surface area contributed by atoms with Crippen LogP contribution in [0.25, 0.3) is 11.4 Å². The van der Waals surface area contributed by atoms with E-state index >= 15 is 0 Å². The quantitative estimate of drug-likeness (QED) is 0.528. The minimum absolute atomic E-state index is 0.0446. The Labute approximate surface area is 174 Å². The zero-order chi connectivity index (χ0) is 22.4. The van der Waals surface area contributed by atoms with Gasteiger partial charge >= 0.3 is 0 Å². The number of amides is 2. The van der Waals surface area contributed by atoms with Gasteiger partial charge in [0, 0.05) is 18.4 Å². The summed E-state index contributed by atoms with van der Waals surface area (Å²) in [5.41, 5.74) is 0.177. The van der Waals surface area contributed by atoms with Gasteiger partial charge in [0.1, 0.15) is 5.75 Å². The Hall–Kier alpha value is -3.89. The molecule has 0 radical (unpaired) electrons. The highest BCUT2D eigenvalue weighted by molar-refractivity contribution is 5.94. The van der Waals surface area contributed by atoms with Gasteiger partial charge in [-0.3, -0.25) is 9.59 Å².